The van der Waals surface area contributed by atoms with Gasteiger partial charge in [-0.1, -0.05) is 5.16 Å². The topological polar surface area (TPSA) is 69.5 Å². The summed E-state index contributed by atoms with van der Waals surface area (Å²) in [4.78, 5) is 4.84. The molecule has 0 amide bonds. The van der Waals surface area contributed by atoms with Crippen molar-refractivity contribution in [2.45, 2.75) is 19.4 Å². The maximum atomic E-state index is 9.99. The van der Waals surface area contributed by atoms with Crippen LogP contribution in [0.15, 0.2) is 11.2 Å². The molecule has 1 aromatic carbocycles. The Kier molecular flexibility index (Phi) is 3.18. The van der Waals surface area contributed by atoms with E-state index in [1.807, 2.05) is 13.8 Å². The van der Waals surface area contributed by atoms with Crippen LogP contribution in [0.25, 0.3) is 0 Å². The number of hydrogen-bond donors (Lipinski definition) is 1. The van der Waals surface area contributed by atoms with Crippen LogP contribution in [-0.2, 0) is 4.84 Å². The fourth-order valence-electron chi connectivity index (χ4n) is 2.15. The maximum Gasteiger partial charge on any atom is 0.208 e. The molecular weight excluding hydrogens is 250 g/mol. The molecule has 0 saturated heterocycles. The Hall–Kier alpha value is -2.11. The Morgan fingerprint density at radius 3 is 2.32 bits per heavy atom. The highest BCUT2D eigenvalue weighted by Gasteiger charge is 2.42. The minimum atomic E-state index is -0.676. The molecule has 1 heterocycles. The molecule has 6 nitrogen and oxygen atoms in total. The second-order valence-corrected chi connectivity index (χ2v) is 4.57. The SMILES string of the molecule is CON=C1c2cc(O)c(OC)c(OC)c2OC1(C)C. The molecule has 0 radical (unpaired) electrons. The van der Waals surface area contributed by atoms with Crippen molar-refractivity contribution in [2.24, 2.45) is 5.16 Å². The lowest BCUT2D eigenvalue weighted by Gasteiger charge is -2.18. The van der Waals surface area contributed by atoms with E-state index in [9.17, 15) is 5.11 Å². The molecule has 6 heteroatoms. The van der Waals surface area contributed by atoms with Crippen LogP contribution in [0.2, 0.25) is 0 Å². The largest absolute Gasteiger partial charge is 0.504 e. The van der Waals surface area contributed by atoms with Gasteiger partial charge in [0.25, 0.3) is 0 Å². The van der Waals surface area contributed by atoms with Crippen molar-refractivity contribution in [1.29, 1.82) is 0 Å². The monoisotopic (exact) mass is 267 g/mol. The van der Waals surface area contributed by atoms with Gasteiger partial charge < -0.3 is 24.2 Å². The van der Waals surface area contributed by atoms with Crippen LogP contribution in [0.4, 0.5) is 0 Å². The number of phenols is 1. The zero-order valence-corrected chi connectivity index (χ0v) is 11.6. The highest BCUT2D eigenvalue weighted by atomic mass is 16.6. The lowest BCUT2D eigenvalue weighted by Crippen LogP contribution is -2.33. The third-order valence-corrected chi connectivity index (χ3v) is 2.94. The van der Waals surface area contributed by atoms with Gasteiger partial charge in [-0.3, -0.25) is 0 Å². The molecule has 0 spiro atoms. The summed E-state index contributed by atoms with van der Waals surface area (Å²) in [6.45, 7) is 3.71. The van der Waals surface area contributed by atoms with Crippen LogP contribution in [-0.4, -0.2) is 37.7 Å². The fourth-order valence-corrected chi connectivity index (χ4v) is 2.15. The molecule has 0 unspecified atom stereocenters. The molecule has 1 aliphatic heterocycles. The van der Waals surface area contributed by atoms with Gasteiger partial charge >= 0.3 is 0 Å². The lowest BCUT2D eigenvalue weighted by atomic mass is 9.98. The second kappa shape index (κ2) is 4.53. The third kappa shape index (κ3) is 1.93. The quantitative estimate of drug-likeness (QED) is 0.847. The smallest absolute Gasteiger partial charge is 0.208 e. The zero-order valence-electron chi connectivity index (χ0n) is 11.6. The number of rotatable bonds is 3. The van der Waals surface area contributed by atoms with E-state index in [0.29, 0.717) is 22.8 Å². The van der Waals surface area contributed by atoms with Crippen LogP contribution in [0, 0.1) is 0 Å². The molecule has 1 N–H and O–H groups in total. The van der Waals surface area contributed by atoms with Crippen LogP contribution in [0.3, 0.4) is 0 Å². The summed E-state index contributed by atoms with van der Waals surface area (Å²) in [6, 6.07) is 1.53. The number of nitrogens with zero attached hydrogens (tertiary/aromatic N) is 1. The van der Waals surface area contributed by atoms with E-state index < -0.39 is 5.60 Å². The van der Waals surface area contributed by atoms with E-state index >= 15 is 0 Å². The minimum absolute atomic E-state index is 0.0387. The number of methoxy groups -OCH3 is 2. The minimum Gasteiger partial charge on any atom is -0.504 e. The van der Waals surface area contributed by atoms with Gasteiger partial charge in [-0.05, 0) is 19.9 Å². The molecular formula is C13H17NO5. The number of hydrogen-bond acceptors (Lipinski definition) is 6. The predicted octanol–water partition coefficient (Wildman–Crippen LogP) is 1.93. The first-order valence-electron chi connectivity index (χ1n) is 5.75. The van der Waals surface area contributed by atoms with Gasteiger partial charge in [0.15, 0.2) is 11.5 Å². The molecule has 0 bridgehead atoms. The van der Waals surface area contributed by atoms with Gasteiger partial charge in [0.2, 0.25) is 11.5 Å². The van der Waals surface area contributed by atoms with Gasteiger partial charge in [0.1, 0.15) is 18.4 Å². The Morgan fingerprint density at radius 1 is 1.16 bits per heavy atom. The van der Waals surface area contributed by atoms with Crippen molar-refractivity contribution < 1.29 is 24.2 Å². The van der Waals surface area contributed by atoms with E-state index in [0.717, 1.165) is 0 Å². The van der Waals surface area contributed by atoms with E-state index in [1.54, 1.807) is 0 Å². The van der Waals surface area contributed by atoms with E-state index in [1.165, 1.54) is 27.4 Å². The maximum absolute atomic E-state index is 9.99. The van der Waals surface area contributed by atoms with E-state index in [-0.39, 0.29) is 11.5 Å². The van der Waals surface area contributed by atoms with Crippen LogP contribution in [0.1, 0.15) is 19.4 Å². The molecule has 19 heavy (non-hydrogen) atoms. The normalized spacial score (nSPS) is 17.8. The zero-order chi connectivity index (χ0) is 14.2. The van der Waals surface area contributed by atoms with Gasteiger partial charge in [0, 0.05) is 0 Å². The Bertz CT molecular complexity index is 536. The summed E-state index contributed by atoms with van der Waals surface area (Å²) in [5.41, 5.74) is 0.535. The van der Waals surface area contributed by atoms with Crippen molar-refractivity contribution in [3.05, 3.63) is 11.6 Å². The second-order valence-electron chi connectivity index (χ2n) is 4.57. The summed E-state index contributed by atoms with van der Waals surface area (Å²) < 4.78 is 16.3. The highest BCUT2D eigenvalue weighted by Crippen LogP contribution is 2.51. The summed E-state index contributed by atoms with van der Waals surface area (Å²) in [5.74, 6) is 1.02. The van der Waals surface area contributed by atoms with Crippen molar-refractivity contribution in [3.8, 4) is 23.0 Å². The number of fused-ring (bicyclic) bond motifs is 1. The summed E-state index contributed by atoms with van der Waals surface area (Å²) in [7, 11) is 4.40. The molecule has 0 aliphatic carbocycles. The summed E-state index contributed by atoms with van der Waals surface area (Å²) >= 11 is 0. The van der Waals surface area contributed by atoms with Crippen LogP contribution in [0.5, 0.6) is 23.0 Å². The number of ether oxygens (including phenoxy) is 3. The number of aromatic hydroxyl groups is 1. The molecule has 2 rings (SSSR count). The first kappa shape index (κ1) is 13.3. The van der Waals surface area contributed by atoms with Gasteiger partial charge in [-0.2, -0.15) is 0 Å². The van der Waals surface area contributed by atoms with E-state index in [2.05, 4.69) is 5.16 Å². The highest BCUT2D eigenvalue weighted by molar-refractivity contribution is 6.11. The molecule has 0 fully saturated rings. The predicted molar refractivity (Wildman–Crippen MR) is 69.5 cm³/mol. The standard InChI is InChI=1S/C13H17NO5/c1-13(2)12(14-18-5)7-6-8(15)10(16-3)11(17-4)9(7)19-13/h6,15H,1-5H3. The van der Waals surface area contributed by atoms with Crippen LogP contribution >= 0.6 is 0 Å². The summed E-state index contributed by atoms with van der Waals surface area (Å²) in [5, 5.41) is 14.0. The van der Waals surface area contributed by atoms with Gasteiger partial charge in [0.05, 0.1) is 19.8 Å². The van der Waals surface area contributed by atoms with Gasteiger partial charge in [-0.25, -0.2) is 0 Å². The Labute approximate surface area is 111 Å². The molecule has 1 aliphatic rings. The molecule has 0 atom stereocenters. The van der Waals surface area contributed by atoms with E-state index in [4.69, 9.17) is 19.0 Å². The first-order valence-corrected chi connectivity index (χ1v) is 5.75. The average Bonchev–Trinajstić information content (AvgIpc) is 2.60. The van der Waals surface area contributed by atoms with Crippen molar-refractivity contribution in [3.63, 3.8) is 0 Å². The first-order chi connectivity index (χ1) is 8.96. The van der Waals surface area contributed by atoms with Crippen LogP contribution < -0.4 is 14.2 Å². The Balaban J connectivity index is 2.71. The third-order valence-electron chi connectivity index (χ3n) is 2.94. The molecule has 0 aromatic heterocycles. The molecule has 104 valence electrons. The fraction of sp³-hybridized carbons (Fsp3) is 0.462. The van der Waals surface area contributed by atoms with Crippen molar-refractivity contribution in [1.82, 2.24) is 0 Å². The van der Waals surface area contributed by atoms with Gasteiger partial charge in [-0.15, -0.1) is 0 Å². The molecule has 0 saturated carbocycles. The number of oxime groups is 1. The lowest BCUT2D eigenvalue weighted by molar-refractivity contribution is 0.171. The molecule has 1 aromatic rings. The number of benzene rings is 1. The summed E-state index contributed by atoms with van der Waals surface area (Å²) in [6.07, 6.45) is 0. The van der Waals surface area contributed by atoms with Crippen molar-refractivity contribution in [2.75, 3.05) is 21.3 Å². The van der Waals surface area contributed by atoms with Crippen molar-refractivity contribution >= 4 is 5.71 Å². The Morgan fingerprint density at radius 2 is 1.79 bits per heavy atom. The average molecular weight is 267 g/mol. The number of phenolic OH excluding ortho intramolecular Hbond substituents is 1.